The van der Waals surface area contributed by atoms with Crippen LogP contribution in [-0.2, 0) is 11.3 Å². The predicted molar refractivity (Wildman–Crippen MR) is 109 cm³/mol. The predicted octanol–water partition coefficient (Wildman–Crippen LogP) is 4.73. The van der Waals surface area contributed by atoms with Crippen LogP contribution >= 0.6 is 0 Å². The van der Waals surface area contributed by atoms with Gasteiger partial charge in [0.05, 0.1) is 11.6 Å². The van der Waals surface area contributed by atoms with Crippen molar-refractivity contribution in [2.24, 2.45) is 0 Å². The monoisotopic (exact) mass is 380 g/mol. The molecule has 0 atom stereocenters. The molecule has 3 aromatic rings. The van der Waals surface area contributed by atoms with Crippen LogP contribution in [0.25, 0.3) is 22.0 Å². The van der Waals surface area contributed by atoms with Crippen molar-refractivity contribution >= 4 is 10.9 Å². The van der Waals surface area contributed by atoms with Gasteiger partial charge in [-0.2, -0.15) is 5.26 Å². The zero-order valence-corrected chi connectivity index (χ0v) is 16.3. The molecule has 0 saturated heterocycles. The number of benzene rings is 2. The van der Waals surface area contributed by atoms with E-state index in [2.05, 4.69) is 10.6 Å². The summed E-state index contributed by atoms with van der Waals surface area (Å²) in [4.78, 5) is 0. The van der Waals surface area contributed by atoms with E-state index in [0.29, 0.717) is 36.3 Å². The highest BCUT2D eigenvalue weighted by atomic mass is 19.1. The number of aromatic nitrogens is 1. The Labute approximate surface area is 164 Å². The number of aliphatic hydroxyl groups is 1. The van der Waals surface area contributed by atoms with E-state index in [0.717, 1.165) is 35.0 Å². The second kappa shape index (κ2) is 9.01. The molecule has 0 aliphatic carbocycles. The average molecular weight is 380 g/mol. The molecule has 0 aliphatic heterocycles. The van der Waals surface area contributed by atoms with Crippen LogP contribution in [0.15, 0.2) is 36.5 Å². The summed E-state index contributed by atoms with van der Waals surface area (Å²) in [5, 5.41) is 19.1. The van der Waals surface area contributed by atoms with Crippen molar-refractivity contribution in [2.75, 3.05) is 19.8 Å². The number of hydrogen-bond donors (Lipinski definition) is 1. The second-order valence-corrected chi connectivity index (χ2v) is 7.01. The third-order valence-corrected chi connectivity index (χ3v) is 4.96. The molecule has 0 radical (unpaired) electrons. The van der Waals surface area contributed by atoms with Gasteiger partial charge in [-0.05, 0) is 49.9 Å². The Morgan fingerprint density at radius 1 is 1.11 bits per heavy atom. The lowest BCUT2D eigenvalue weighted by atomic mass is 9.99. The van der Waals surface area contributed by atoms with Gasteiger partial charge in [0.15, 0.2) is 0 Å². The molecule has 28 heavy (non-hydrogen) atoms. The molecule has 4 nitrogen and oxygen atoms in total. The van der Waals surface area contributed by atoms with E-state index < -0.39 is 0 Å². The molecular formula is C23H25FN2O2. The highest BCUT2D eigenvalue weighted by Gasteiger charge is 2.16. The maximum absolute atomic E-state index is 14.8. The summed E-state index contributed by atoms with van der Waals surface area (Å²) in [6.07, 6.45) is 3.42. The van der Waals surface area contributed by atoms with Crippen LogP contribution in [0.4, 0.5) is 4.39 Å². The first kappa shape index (κ1) is 20.1. The van der Waals surface area contributed by atoms with Gasteiger partial charge < -0.3 is 14.4 Å². The highest BCUT2D eigenvalue weighted by Crippen LogP contribution is 2.35. The first-order valence-corrected chi connectivity index (χ1v) is 9.54. The van der Waals surface area contributed by atoms with Gasteiger partial charge in [0.2, 0.25) is 0 Å². The minimum Gasteiger partial charge on any atom is -0.396 e. The lowest BCUT2D eigenvalue weighted by Crippen LogP contribution is -2.04. The van der Waals surface area contributed by atoms with Crippen LogP contribution in [0.1, 0.15) is 29.5 Å². The maximum Gasteiger partial charge on any atom is 0.134 e. The Morgan fingerprint density at radius 3 is 2.64 bits per heavy atom. The molecular weight excluding hydrogens is 355 g/mol. The van der Waals surface area contributed by atoms with Crippen molar-refractivity contribution in [1.29, 1.82) is 5.26 Å². The molecule has 0 amide bonds. The molecule has 2 aromatic carbocycles. The fourth-order valence-corrected chi connectivity index (χ4v) is 3.42. The zero-order chi connectivity index (χ0) is 20.1. The molecule has 146 valence electrons. The molecule has 1 heterocycles. The molecule has 0 unspecified atom stereocenters. The fraction of sp³-hybridized carbons (Fsp3) is 0.348. The summed E-state index contributed by atoms with van der Waals surface area (Å²) >= 11 is 0. The van der Waals surface area contributed by atoms with E-state index in [-0.39, 0.29) is 12.4 Å². The molecule has 5 heteroatoms. The van der Waals surface area contributed by atoms with E-state index in [9.17, 15) is 9.65 Å². The van der Waals surface area contributed by atoms with Crippen molar-refractivity contribution in [3.8, 4) is 17.2 Å². The van der Waals surface area contributed by atoms with E-state index >= 15 is 0 Å². The summed E-state index contributed by atoms with van der Waals surface area (Å²) in [6, 6.07) is 11.5. The summed E-state index contributed by atoms with van der Waals surface area (Å²) in [7, 11) is 0. The summed E-state index contributed by atoms with van der Waals surface area (Å²) in [5.74, 6) is -0.229. The number of nitrogens with zero attached hydrogens (tertiary/aromatic N) is 2. The first-order chi connectivity index (χ1) is 13.6. The van der Waals surface area contributed by atoms with Crippen molar-refractivity contribution < 1.29 is 14.2 Å². The molecule has 0 fully saturated rings. The summed E-state index contributed by atoms with van der Waals surface area (Å²) in [5.41, 5.74) is 4.45. The smallest absolute Gasteiger partial charge is 0.134 e. The van der Waals surface area contributed by atoms with Crippen molar-refractivity contribution in [3.05, 3.63) is 59.0 Å². The van der Waals surface area contributed by atoms with Gasteiger partial charge in [0.1, 0.15) is 5.82 Å². The number of nitriles is 1. The molecule has 3 rings (SSSR count). The van der Waals surface area contributed by atoms with Gasteiger partial charge in [-0.25, -0.2) is 4.39 Å². The van der Waals surface area contributed by atoms with E-state index in [1.54, 1.807) is 19.1 Å². The van der Waals surface area contributed by atoms with E-state index in [1.165, 1.54) is 0 Å². The molecule has 1 N–H and O–H groups in total. The van der Waals surface area contributed by atoms with Gasteiger partial charge in [0, 0.05) is 54.6 Å². The minimum absolute atomic E-state index is 0.133. The number of hydrogen-bond acceptors (Lipinski definition) is 3. The third kappa shape index (κ3) is 4.09. The van der Waals surface area contributed by atoms with Gasteiger partial charge in [-0.1, -0.05) is 18.2 Å². The van der Waals surface area contributed by atoms with Gasteiger partial charge in [-0.15, -0.1) is 0 Å². The molecule has 0 spiro atoms. The van der Waals surface area contributed by atoms with Gasteiger partial charge >= 0.3 is 0 Å². The molecule has 0 saturated carbocycles. The molecule has 1 aromatic heterocycles. The quantitative estimate of drug-likeness (QED) is 0.575. The van der Waals surface area contributed by atoms with Crippen LogP contribution in [0.2, 0.25) is 0 Å². The molecule has 0 bridgehead atoms. The van der Waals surface area contributed by atoms with Gasteiger partial charge in [0.25, 0.3) is 0 Å². The van der Waals surface area contributed by atoms with Gasteiger partial charge in [-0.3, -0.25) is 0 Å². The maximum atomic E-state index is 14.8. The number of aryl methyl sites for hydroxylation is 3. The highest BCUT2D eigenvalue weighted by molar-refractivity contribution is 5.97. The van der Waals surface area contributed by atoms with Crippen LogP contribution in [-0.4, -0.2) is 29.5 Å². The first-order valence-electron chi connectivity index (χ1n) is 9.54. The standard InChI is InChI=1S/C23H25FN2O2/c1-16-6-3-7-19(23(16)24)21-15-26(8-4-10-28-11-5-9-27)22-12-17(2)18(14-25)13-20(21)22/h3,6-7,12-13,15,27H,4-5,8-11H2,1-2H3. The number of aliphatic hydroxyl groups excluding tert-OH is 1. The van der Waals surface area contributed by atoms with Crippen molar-refractivity contribution in [2.45, 2.75) is 33.2 Å². The summed E-state index contributed by atoms with van der Waals surface area (Å²) in [6.45, 7) is 5.69. The van der Waals surface area contributed by atoms with Crippen molar-refractivity contribution in [1.82, 2.24) is 4.57 Å². The van der Waals surface area contributed by atoms with Crippen LogP contribution < -0.4 is 0 Å². The zero-order valence-electron chi connectivity index (χ0n) is 16.3. The fourth-order valence-electron chi connectivity index (χ4n) is 3.42. The van der Waals surface area contributed by atoms with Crippen LogP contribution in [0, 0.1) is 31.0 Å². The van der Waals surface area contributed by atoms with Crippen molar-refractivity contribution in [3.63, 3.8) is 0 Å². The van der Waals surface area contributed by atoms with E-state index in [1.807, 2.05) is 31.3 Å². The normalized spacial score (nSPS) is 11.1. The Morgan fingerprint density at radius 2 is 1.89 bits per heavy atom. The second-order valence-electron chi connectivity index (χ2n) is 7.01. The largest absolute Gasteiger partial charge is 0.396 e. The lowest BCUT2D eigenvalue weighted by molar-refractivity contribution is 0.112. The number of fused-ring (bicyclic) bond motifs is 1. The average Bonchev–Trinajstić information content (AvgIpc) is 3.03. The Hall–Kier alpha value is -2.68. The molecule has 0 aliphatic rings. The topological polar surface area (TPSA) is 58.2 Å². The number of halogens is 1. The Kier molecular flexibility index (Phi) is 6.45. The van der Waals surface area contributed by atoms with E-state index in [4.69, 9.17) is 9.84 Å². The third-order valence-electron chi connectivity index (χ3n) is 4.96. The Bertz CT molecular complexity index is 1020. The lowest BCUT2D eigenvalue weighted by Gasteiger charge is -2.07. The SMILES string of the molecule is Cc1cc2c(cc1C#N)c(-c1cccc(C)c1F)cn2CCCOCCCO. The number of rotatable bonds is 8. The van der Waals surface area contributed by atoms with Crippen LogP contribution in [0.5, 0.6) is 0 Å². The minimum atomic E-state index is -0.229. The number of ether oxygens (including phenoxy) is 1. The Balaban J connectivity index is 1.99. The summed E-state index contributed by atoms with van der Waals surface area (Å²) < 4.78 is 22.4. The van der Waals surface area contributed by atoms with Crippen LogP contribution in [0.3, 0.4) is 0 Å².